The highest BCUT2D eigenvalue weighted by atomic mass is 16.5. The fourth-order valence-corrected chi connectivity index (χ4v) is 4.49. The quantitative estimate of drug-likeness (QED) is 0.250. The lowest BCUT2D eigenvalue weighted by molar-refractivity contribution is 0.325. The zero-order valence-corrected chi connectivity index (χ0v) is 21.8. The van der Waals surface area contributed by atoms with Gasteiger partial charge in [-0.05, 0) is 118 Å². The van der Waals surface area contributed by atoms with E-state index in [2.05, 4.69) is 63.2 Å². The van der Waals surface area contributed by atoms with Crippen LogP contribution in [0.15, 0.2) is 54.6 Å². The molecule has 4 nitrogen and oxygen atoms in total. The first-order valence-electron chi connectivity index (χ1n) is 12.5. The second-order valence-electron chi connectivity index (χ2n) is 9.13. The van der Waals surface area contributed by atoms with E-state index in [9.17, 15) is 0 Å². The smallest absolute Gasteiger partial charge is 0.213 e. The lowest BCUT2D eigenvalue weighted by atomic mass is 9.94. The first-order valence-corrected chi connectivity index (χ1v) is 12.5. The third-order valence-electron chi connectivity index (χ3n) is 6.35. The number of aryl methyl sites for hydroxylation is 7. The first-order chi connectivity index (χ1) is 16.8. The summed E-state index contributed by atoms with van der Waals surface area (Å²) in [5, 5.41) is 16.0. The van der Waals surface area contributed by atoms with Gasteiger partial charge in [0, 0.05) is 11.1 Å². The van der Waals surface area contributed by atoms with Gasteiger partial charge in [0.2, 0.25) is 11.8 Å². The van der Waals surface area contributed by atoms with Crippen LogP contribution in [0.25, 0.3) is 0 Å². The van der Waals surface area contributed by atoms with Crippen molar-refractivity contribution in [1.82, 2.24) is 0 Å². The number of nitrogens with one attached hydrogen (secondary N) is 2. The van der Waals surface area contributed by atoms with Crippen molar-refractivity contribution < 1.29 is 9.47 Å². The third-order valence-corrected chi connectivity index (χ3v) is 6.35. The van der Waals surface area contributed by atoms with E-state index < -0.39 is 0 Å². The van der Waals surface area contributed by atoms with Gasteiger partial charge in [0.1, 0.15) is 0 Å². The van der Waals surface area contributed by atoms with Crippen molar-refractivity contribution in [2.45, 2.75) is 60.3 Å². The number of rotatable bonds is 10. The van der Waals surface area contributed by atoms with Crippen LogP contribution in [0.1, 0.15) is 63.9 Å². The molecule has 3 aromatic carbocycles. The summed E-state index contributed by atoms with van der Waals surface area (Å²) in [4.78, 5) is 0. The van der Waals surface area contributed by atoms with Gasteiger partial charge in [0.25, 0.3) is 0 Å². The van der Waals surface area contributed by atoms with Gasteiger partial charge in [-0.2, -0.15) is 0 Å². The van der Waals surface area contributed by atoms with Crippen molar-refractivity contribution in [2.24, 2.45) is 0 Å². The summed E-state index contributed by atoms with van der Waals surface area (Å²) in [5.74, 6) is 0.478. The van der Waals surface area contributed by atoms with Gasteiger partial charge < -0.3 is 9.47 Å². The van der Waals surface area contributed by atoms with Crippen LogP contribution in [-0.2, 0) is 35.2 Å². The Labute approximate surface area is 210 Å². The topological polar surface area (TPSA) is 66.2 Å². The maximum Gasteiger partial charge on any atom is 0.213 e. The van der Waals surface area contributed by atoms with Crippen LogP contribution in [0.2, 0.25) is 0 Å². The molecule has 184 valence electrons. The second-order valence-corrected chi connectivity index (χ2v) is 9.13. The van der Waals surface area contributed by atoms with E-state index in [0.29, 0.717) is 13.2 Å². The van der Waals surface area contributed by atoms with Crippen LogP contribution >= 0.6 is 0 Å². The van der Waals surface area contributed by atoms with E-state index in [1.54, 1.807) is 0 Å². The highest BCUT2D eigenvalue weighted by Crippen LogP contribution is 2.19. The van der Waals surface area contributed by atoms with Crippen LogP contribution in [0, 0.1) is 31.6 Å². The zero-order chi connectivity index (χ0) is 25.4. The SMILES string of the molecule is CCOC(=N)c1ccc(CCc2cc(C)cc(CCc3ccc(C(=N)OCC)cc3C)c2)c(C)c1. The van der Waals surface area contributed by atoms with E-state index >= 15 is 0 Å². The molecule has 0 radical (unpaired) electrons. The molecule has 0 atom stereocenters. The predicted molar refractivity (Wildman–Crippen MR) is 145 cm³/mol. The van der Waals surface area contributed by atoms with Gasteiger partial charge in [-0.15, -0.1) is 0 Å². The average Bonchev–Trinajstić information content (AvgIpc) is 2.82. The lowest BCUT2D eigenvalue weighted by Gasteiger charge is -2.12. The van der Waals surface area contributed by atoms with E-state index in [0.717, 1.165) is 36.8 Å². The normalized spacial score (nSPS) is 10.8. The standard InChI is InChI=1S/C31H38N2O2/c1-6-34-30(32)28-14-12-26(22(4)18-28)10-8-24-16-21(3)17-25(20-24)9-11-27-13-15-29(19-23(27)5)31(33)35-7-2/h12-20,32-33H,6-11H2,1-5H3. The zero-order valence-electron chi connectivity index (χ0n) is 21.8. The summed E-state index contributed by atoms with van der Waals surface area (Å²) in [7, 11) is 0. The Morgan fingerprint density at radius 1 is 0.600 bits per heavy atom. The van der Waals surface area contributed by atoms with E-state index in [1.165, 1.54) is 38.9 Å². The third kappa shape index (κ3) is 7.29. The van der Waals surface area contributed by atoms with Crippen molar-refractivity contribution in [3.63, 3.8) is 0 Å². The lowest BCUT2D eigenvalue weighted by Crippen LogP contribution is -2.06. The second kappa shape index (κ2) is 12.3. The minimum atomic E-state index is 0.239. The molecule has 2 N–H and O–H groups in total. The highest BCUT2D eigenvalue weighted by Gasteiger charge is 2.09. The molecule has 0 fully saturated rings. The molecule has 0 aliphatic carbocycles. The molecule has 0 aliphatic heterocycles. The van der Waals surface area contributed by atoms with Gasteiger partial charge in [-0.25, -0.2) is 0 Å². The largest absolute Gasteiger partial charge is 0.478 e. The molecule has 0 aliphatic rings. The van der Waals surface area contributed by atoms with Gasteiger partial charge in [-0.3, -0.25) is 10.8 Å². The van der Waals surface area contributed by atoms with Crippen molar-refractivity contribution in [1.29, 1.82) is 10.8 Å². The van der Waals surface area contributed by atoms with Gasteiger partial charge >= 0.3 is 0 Å². The summed E-state index contributed by atoms with van der Waals surface area (Å²) >= 11 is 0. The maximum absolute atomic E-state index is 8.00. The molecule has 0 heterocycles. The highest BCUT2D eigenvalue weighted by molar-refractivity contribution is 5.92. The van der Waals surface area contributed by atoms with Crippen LogP contribution in [0.5, 0.6) is 0 Å². The van der Waals surface area contributed by atoms with Crippen molar-refractivity contribution in [3.05, 3.63) is 105 Å². The van der Waals surface area contributed by atoms with Gasteiger partial charge in [0.15, 0.2) is 0 Å². The minimum absolute atomic E-state index is 0.239. The predicted octanol–water partition coefficient (Wildman–Crippen LogP) is 6.91. The Morgan fingerprint density at radius 3 is 1.40 bits per heavy atom. The molecule has 0 saturated carbocycles. The van der Waals surface area contributed by atoms with Crippen molar-refractivity contribution >= 4 is 11.8 Å². The van der Waals surface area contributed by atoms with E-state index in [-0.39, 0.29) is 11.8 Å². The van der Waals surface area contributed by atoms with Gasteiger partial charge in [0.05, 0.1) is 13.2 Å². The molecular weight excluding hydrogens is 432 g/mol. The number of hydrogen-bond acceptors (Lipinski definition) is 4. The molecule has 35 heavy (non-hydrogen) atoms. The molecule has 0 bridgehead atoms. The molecule has 0 aromatic heterocycles. The van der Waals surface area contributed by atoms with Crippen LogP contribution in [-0.4, -0.2) is 25.0 Å². The maximum atomic E-state index is 8.00. The Morgan fingerprint density at radius 2 is 1.03 bits per heavy atom. The molecule has 3 rings (SSSR count). The number of hydrogen-bond donors (Lipinski definition) is 2. The molecule has 0 spiro atoms. The fourth-order valence-electron chi connectivity index (χ4n) is 4.49. The Balaban J connectivity index is 1.64. The van der Waals surface area contributed by atoms with Crippen molar-refractivity contribution in [2.75, 3.05) is 13.2 Å². The summed E-state index contributed by atoms with van der Waals surface area (Å²) in [6, 6.07) is 19.3. The molecule has 3 aromatic rings. The monoisotopic (exact) mass is 470 g/mol. The molecule has 4 heteroatoms. The number of benzene rings is 3. The Bertz CT molecular complexity index is 1110. The average molecular weight is 471 g/mol. The minimum Gasteiger partial charge on any atom is -0.478 e. The van der Waals surface area contributed by atoms with Crippen LogP contribution < -0.4 is 0 Å². The summed E-state index contributed by atoms with van der Waals surface area (Å²) in [5.41, 5.74) is 10.7. The summed E-state index contributed by atoms with van der Waals surface area (Å²) in [6.45, 7) is 11.2. The number of ether oxygens (including phenoxy) is 2. The van der Waals surface area contributed by atoms with Gasteiger partial charge in [-0.1, -0.05) is 35.9 Å². The molecule has 0 amide bonds. The van der Waals surface area contributed by atoms with Crippen LogP contribution in [0.3, 0.4) is 0 Å². The fraction of sp³-hybridized carbons (Fsp3) is 0.355. The summed E-state index contributed by atoms with van der Waals surface area (Å²) in [6.07, 6.45) is 3.93. The van der Waals surface area contributed by atoms with E-state index in [1.807, 2.05) is 26.0 Å². The Hall–Kier alpha value is -3.40. The molecular formula is C31H38N2O2. The first kappa shape index (κ1) is 26.2. The summed E-state index contributed by atoms with van der Waals surface area (Å²) < 4.78 is 10.7. The van der Waals surface area contributed by atoms with E-state index in [4.69, 9.17) is 20.3 Å². The molecule has 0 saturated heterocycles. The Kier molecular flexibility index (Phi) is 9.25. The van der Waals surface area contributed by atoms with Crippen molar-refractivity contribution in [3.8, 4) is 0 Å². The molecule has 0 unspecified atom stereocenters. The van der Waals surface area contributed by atoms with Crippen LogP contribution in [0.4, 0.5) is 0 Å².